The summed E-state index contributed by atoms with van der Waals surface area (Å²) in [7, 11) is -0.421. The van der Waals surface area contributed by atoms with Crippen molar-refractivity contribution in [2.24, 2.45) is 0 Å². The Morgan fingerprint density at radius 2 is 1.77 bits per heavy atom. The minimum absolute atomic E-state index is 0.348. The lowest BCUT2D eigenvalue weighted by atomic mass is 9.81. The minimum Gasteiger partial charge on any atom is -0.399 e. The molecule has 3 aliphatic heterocycles. The quantitative estimate of drug-likeness (QED) is 0.796. The summed E-state index contributed by atoms with van der Waals surface area (Å²) in [5.41, 5.74) is -0.211. The molecule has 4 rings (SSSR count). The normalized spacial score (nSPS) is 35.3. The topological polar surface area (TPSA) is 65.5 Å². The van der Waals surface area contributed by atoms with E-state index in [1.165, 1.54) is 0 Å². The first-order valence-corrected chi connectivity index (χ1v) is 7.87. The molecule has 2 atom stereocenters. The van der Waals surface area contributed by atoms with Gasteiger partial charge in [-0.05, 0) is 27.7 Å². The summed E-state index contributed by atoms with van der Waals surface area (Å²) in [4.78, 5) is 9.07. The highest BCUT2D eigenvalue weighted by Gasteiger charge is 2.53. The summed E-state index contributed by atoms with van der Waals surface area (Å²) >= 11 is 0. The molecule has 3 fully saturated rings. The Morgan fingerprint density at radius 1 is 1.14 bits per heavy atom. The molecule has 1 aromatic heterocycles. The number of nitrogens with zero attached hydrogens (tertiary/aromatic N) is 2. The number of rotatable bonds is 2. The first-order chi connectivity index (χ1) is 10.3. The molecule has 0 aromatic carbocycles. The first kappa shape index (κ1) is 14.6. The smallest absolute Gasteiger partial charge is 0.399 e. The van der Waals surface area contributed by atoms with Crippen LogP contribution < -0.4 is 10.8 Å². The molecule has 0 radical (unpaired) electrons. The van der Waals surface area contributed by atoms with E-state index >= 15 is 0 Å². The zero-order valence-corrected chi connectivity index (χ0v) is 13.5. The van der Waals surface area contributed by atoms with Crippen molar-refractivity contribution < 1.29 is 14.0 Å². The number of aromatic nitrogens is 2. The molecule has 1 N–H and O–H groups in total. The van der Waals surface area contributed by atoms with Gasteiger partial charge in [-0.15, -0.1) is 0 Å². The van der Waals surface area contributed by atoms with Crippen LogP contribution in [0.4, 0.5) is 0 Å². The average molecular weight is 303 g/mol. The van der Waals surface area contributed by atoms with Crippen molar-refractivity contribution in [2.45, 2.75) is 57.0 Å². The van der Waals surface area contributed by atoms with E-state index in [1.807, 2.05) is 27.7 Å². The maximum absolute atomic E-state index is 6.03. The van der Waals surface area contributed by atoms with Crippen LogP contribution in [-0.2, 0) is 19.6 Å². The summed E-state index contributed by atoms with van der Waals surface area (Å²) in [5, 5.41) is 3.43. The molecular formula is C15H22BN3O3. The second kappa shape index (κ2) is 4.51. The van der Waals surface area contributed by atoms with E-state index in [-0.39, 0.29) is 16.8 Å². The van der Waals surface area contributed by atoms with Crippen LogP contribution in [0.25, 0.3) is 0 Å². The summed E-state index contributed by atoms with van der Waals surface area (Å²) in [6.07, 6.45) is 4.55. The lowest BCUT2D eigenvalue weighted by Gasteiger charge is -2.32. The predicted molar refractivity (Wildman–Crippen MR) is 81.8 cm³/mol. The summed E-state index contributed by atoms with van der Waals surface area (Å²) in [5.74, 6) is 0.750. The zero-order chi connectivity index (χ0) is 15.6. The Hall–Kier alpha value is -1.02. The highest BCUT2D eigenvalue weighted by atomic mass is 16.7. The second-order valence-electron chi connectivity index (χ2n) is 7.52. The molecular weight excluding hydrogens is 281 g/mol. The molecule has 2 bridgehead atoms. The molecule has 0 amide bonds. The van der Waals surface area contributed by atoms with Gasteiger partial charge in [-0.25, -0.2) is 9.97 Å². The minimum atomic E-state index is -0.421. The van der Waals surface area contributed by atoms with Gasteiger partial charge in [0.25, 0.3) is 0 Å². The number of hydrogen-bond acceptors (Lipinski definition) is 6. The standard InChI is InChI=1S/C15H22BN3O3/c1-13(2)14(3,4)22-16(21-13)10-6-17-12(18-7-10)15-5-11(8-20-15)19-9-15/h6-7,11,19H,5,8-9H2,1-4H3. The molecule has 6 nitrogen and oxygen atoms in total. The van der Waals surface area contributed by atoms with Crippen LogP contribution in [0.3, 0.4) is 0 Å². The third-order valence-electron chi connectivity index (χ3n) is 5.42. The van der Waals surface area contributed by atoms with Gasteiger partial charge >= 0.3 is 7.12 Å². The highest BCUT2D eigenvalue weighted by molar-refractivity contribution is 6.61. The Kier molecular flexibility index (Phi) is 2.98. The molecule has 1 aromatic rings. The van der Waals surface area contributed by atoms with Crippen molar-refractivity contribution in [2.75, 3.05) is 13.2 Å². The van der Waals surface area contributed by atoms with Gasteiger partial charge in [0.2, 0.25) is 0 Å². The third kappa shape index (κ3) is 2.03. The number of nitrogens with one attached hydrogen (secondary N) is 1. The van der Waals surface area contributed by atoms with E-state index in [0.717, 1.165) is 30.9 Å². The number of ether oxygens (including phenoxy) is 1. The first-order valence-electron chi connectivity index (χ1n) is 7.87. The van der Waals surface area contributed by atoms with Gasteiger partial charge in [-0.2, -0.15) is 0 Å². The molecule has 4 heterocycles. The molecule has 7 heteroatoms. The van der Waals surface area contributed by atoms with E-state index in [0.29, 0.717) is 6.04 Å². The molecule has 22 heavy (non-hydrogen) atoms. The molecule has 2 unspecified atom stereocenters. The van der Waals surface area contributed by atoms with E-state index in [2.05, 4.69) is 15.3 Å². The van der Waals surface area contributed by atoms with Crippen LogP contribution >= 0.6 is 0 Å². The van der Waals surface area contributed by atoms with Crippen LogP contribution in [0, 0.1) is 0 Å². The van der Waals surface area contributed by atoms with E-state index < -0.39 is 7.12 Å². The lowest BCUT2D eigenvalue weighted by Crippen LogP contribution is -2.41. The Morgan fingerprint density at radius 3 is 2.23 bits per heavy atom. The maximum atomic E-state index is 6.03. The monoisotopic (exact) mass is 303 g/mol. The van der Waals surface area contributed by atoms with Gasteiger partial charge in [0.1, 0.15) is 5.60 Å². The fraction of sp³-hybridized carbons (Fsp3) is 0.733. The van der Waals surface area contributed by atoms with Crippen LogP contribution in [0.2, 0.25) is 0 Å². The average Bonchev–Trinajstić information content (AvgIpc) is 3.13. The molecule has 3 saturated heterocycles. The van der Waals surface area contributed by atoms with Crippen LogP contribution in [-0.4, -0.2) is 47.5 Å². The van der Waals surface area contributed by atoms with Crippen molar-refractivity contribution in [1.82, 2.24) is 15.3 Å². The van der Waals surface area contributed by atoms with E-state index in [1.54, 1.807) is 12.4 Å². The van der Waals surface area contributed by atoms with Crippen LogP contribution in [0.1, 0.15) is 39.9 Å². The van der Waals surface area contributed by atoms with Gasteiger partial charge in [-0.1, -0.05) is 0 Å². The molecule has 0 saturated carbocycles. The SMILES string of the molecule is CC1(C)OB(c2cnc(C34CNC(CO3)C4)nc2)OC1(C)C. The van der Waals surface area contributed by atoms with Gasteiger partial charge in [0, 0.05) is 36.9 Å². The van der Waals surface area contributed by atoms with Gasteiger partial charge in [0.15, 0.2) is 5.82 Å². The third-order valence-corrected chi connectivity index (χ3v) is 5.42. The van der Waals surface area contributed by atoms with Gasteiger partial charge in [0.05, 0.1) is 17.8 Å². The second-order valence-corrected chi connectivity index (χ2v) is 7.52. The molecule has 0 aliphatic carbocycles. The largest absolute Gasteiger partial charge is 0.498 e. The van der Waals surface area contributed by atoms with Gasteiger partial charge in [-0.3, -0.25) is 0 Å². The maximum Gasteiger partial charge on any atom is 0.498 e. The van der Waals surface area contributed by atoms with Crippen molar-refractivity contribution in [1.29, 1.82) is 0 Å². The fourth-order valence-corrected chi connectivity index (χ4v) is 3.25. The molecule has 3 aliphatic rings. The van der Waals surface area contributed by atoms with Crippen LogP contribution in [0.5, 0.6) is 0 Å². The summed E-state index contributed by atoms with van der Waals surface area (Å²) in [6.45, 7) is 9.68. The molecule has 0 spiro atoms. The Balaban J connectivity index is 1.56. The number of hydrogen-bond donors (Lipinski definition) is 1. The molecule has 118 valence electrons. The lowest BCUT2D eigenvalue weighted by molar-refractivity contribution is -0.0162. The number of morpholine rings is 1. The highest BCUT2D eigenvalue weighted by Crippen LogP contribution is 2.39. The van der Waals surface area contributed by atoms with E-state index in [4.69, 9.17) is 14.0 Å². The van der Waals surface area contributed by atoms with Crippen molar-refractivity contribution in [3.8, 4) is 0 Å². The summed E-state index contributed by atoms with van der Waals surface area (Å²) in [6, 6.07) is 0.436. The fourth-order valence-electron chi connectivity index (χ4n) is 3.25. The van der Waals surface area contributed by atoms with Crippen molar-refractivity contribution in [3.05, 3.63) is 18.2 Å². The Labute approximate surface area is 131 Å². The van der Waals surface area contributed by atoms with E-state index in [9.17, 15) is 0 Å². The van der Waals surface area contributed by atoms with Crippen molar-refractivity contribution >= 4 is 12.6 Å². The number of fused-ring (bicyclic) bond motifs is 2. The van der Waals surface area contributed by atoms with Crippen LogP contribution in [0.15, 0.2) is 12.4 Å². The van der Waals surface area contributed by atoms with Crippen molar-refractivity contribution in [3.63, 3.8) is 0 Å². The van der Waals surface area contributed by atoms with Gasteiger partial charge < -0.3 is 19.4 Å². The summed E-state index contributed by atoms with van der Waals surface area (Å²) < 4.78 is 18.0. The Bertz CT molecular complexity index is 566. The predicted octanol–water partition coefficient (Wildman–Crippen LogP) is 0.363. The zero-order valence-electron chi connectivity index (χ0n) is 13.5.